The summed E-state index contributed by atoms with van der Waals surface area (Å²) in [7, 11) is 0. The number of rotatable bonds is 2. The smallest absolute Gasteiger partial charge is 0.311 e. The number of ether oxygens (including phenoxy) is 1. The van der Waals surface area contributed by atoms with E-state index in [-0.39, 0.29) is 23.6 Å². The van der Waals surface area contributed by atoms with E-state index >= 15 is 0 Å². The van der Waals surface area contributed by atoms with Gasteiger partial charge in [0, 0.05) is 12.6 Å². The maximum absolute atomic E-state index is 12.7. The fraction of sp³-hybridized carbons (Fsp3) is 0.533. The van der Waals surface area contributed by atoms with Gasteiger partial charge in [0.05, 0.1) is 29.2 Å². The van der Waals surface area contributed by atoms with E-state index in [1.54, 1.807) is 4.90 Å². The molecule has 1 saturated heterocycles. The first-order valence-corrected chi connectivity index (χ1v) is 7.48. The highest BCUT2D eigenvalue weighted by molar-refractivity contribution is 5.98. The van der Waals surface area contributed by atoms with Crippen LogP contribution in [0.2, 0.25) is 0 Å². The maximum Gasteiger partial charge on any atom is 0.311 e. The summed E-state index contributed by atoms with van der Waals surface area (Å²) in [5.74, 6) is -0.919. The second-order valence-corrected chi connectivity index (χ2v) is 5.69. The molecule has 1 heterocycles. The van der Waals surface area contributed by atoms with Gasteiger partial charge >= 0.3 is 5.69 Å². The zero-order valence-electron chi connectivity index (χ0n) is 12.1. The van der Waals surface area contributed by atoms with E-state index in [2.05, 4.69) is 0 Å². The summed E-state index contributed by atoms with van der Waals surface area (Å²) < 4.78 is 5.73. The molecule has 7 heteroatoms. The quantitative estimate of drug-likeness (QED) is 0.667. The van der Waals surface area contributed by atoms with Crippen molar-refractivity contribution in [3.63, 3.8) is 0 Å². The van der Waals surface area contributed by atoms with Gasteiger partial charge in [0.2, 0.25) is 5.75 Å². The second-order valence-electron chi connectivity index (χ2n) is 5.69. The van der Waals surface area contributed by atoms with Crippen LogP contribution in [0.4, 0.5) is 5.69 Å². The van der Waals surface area contributed by atoms with Gasteiger partial charge in [0.1, 0.15) is 0 Å². The van der Waals surface area contributed by atoms with Crippen molar-refractivity contribution in [3.05, 3.63) is 33.9 Å². The number of fused-ring (bicyclic) bond motifs is 1. The van der Waals surface area contributed by atoms with E-state index in [1.807, 2.05) is 0 Å². The van der Waals surface area contributed by atoms with E-state index in [4.69, 9.17) is 4.74 Å². The SMILES string of the molecule is O=C(c1cccc([N+](=O)[O-])c1O)N1CCO[C@@H]2CCCC[C@@H]21. The van der Waals surface area contributed by atoms with Crippen LogP contribution in [0.5, 0.6) is 5.75 Å². The Morgan fingerprint density at radius 1 is 1.36 bits per heavy atom. The molecule has 0 aromatic heterocycles. The summed E-state index contributed by atoms with van der Waals surface area (Å²) in [6.07, 6.45) is 3.95. The highest BCUT2D eigenvalue weighted by Gasteiger charge is 2.38. The molecule has 22 heavy (non-hydrogen) atoms. The van der Waals surface area contributed by atoms with Crippen molar-refractivity contribution in [2.75, 3.05) is 13.2 Å². The van der Waals surface area contributed by atoms with Gasteiger partial charge in [-0.15, -0.1) is 0 Å². The number of hydrogen-bond donors (Lipinski definition) is 1. The van der Waals surface area contributed by atoms with Crippen LogP contribution >= 0.6 is 0 Å². The third kappa shape index (κ3) is 2.52. The maximum atomic E-state index is 12.7. The largest absolute Gasteiger partial charge is 0.502 e. The molecule has 0 spiro atoms. The Balaban J connectivity index is 1.90. The van der Waals surface area contributed by atoms with Crippen molar-refractivity contribution in [1.82, 2.24) is 4.90 Å². The molecule has 2 atom stereocenters. The monoisotopic (exact) mass is 306 g/mol. The van der Waals surface area contributed by atoms with Crippen molar-refractivity contribution in [3.8, 4) is 5.75 Å². The lowest BCUT2D eigenvalue weighted by atomic mass is 9.89. The molecule has 1 saturated carbocycles. The molecule has 1 amide bonds. The Morgan fingerprint density at radius 3 is 2.91 bits per heavy atom. The number of hydrogen-bond acceptors (Lipinski definition) is 5. The summed E-state index contributed by atoms with van der Waals surface area (Å²) in [6, 6.07) is 4.03. The number of aromatic hydroxyl groups is 1. The van der Waals surface area contributed by atoms with Gasteiger partial charge in [-0.2, -0.15) is 0 Å². The van der Waals surface area contributed by atoms with E-state index in [9.17, 15) is 20.0 Å². The number of carbonyl (C=O) groups excluding carboxylic acids is 1. The van der Waals surface area contributed by atoms with Gasteiger partial charge in [-0.05, 0) is 18.9 Å². The van der Waals surface area contributed by atoms with E-state index < -0.39 is 16.4 Å². The van der Waals surface area contributed by atoms with Crippen LogP contribution in [0.1, 0.15) is 36.0 Å². The number of nitro benzene ring substituents is 1. The molecule has 3 rings (SSSR count). The molecule has 1 aliphatic heterocycles. The Hall–Kier alpha value is -2.15. The number of benzene rings is 1. The molecule has 1 N–H and O–H groups in total. The molecule has 1 aromatic rings. The number of morpholine rings is 1. The minimum absolute atomic E-state index is 0.00587. The summed E-state index contributed by atoms with van der Waals surface area (Å²) in [6.45, 7) is 0.907. The number of nitrogens with zero attached hydrogens (tertiary/aromatic N) is 2. The van der Waals surface area contributed by atoms with E-state index in [0.29, 0.717) is 13.2 Å². The molecule has 7 nitrogen and oxygen atoms in total. The summed E-state index contributed by atoms with van der Waals surface area (Å²) in [5.41, 5.74) is -0.459. The molecule has 118 valence electrons. The third-order valence-corrected chi connectivity index (χ3v) is 4.43. The average Bonchev–Trinajstić information content (AvgIpc) is 2.53. The molecule has 2 aliphatic rings. The van der Waals surface area contributed by atoms with Crippen molar-refractivity contribution < 1.29 is 19.6 Å². The van der Waals surface area contributed by atoms with Crippen LogP contribution in [0.25, 0.3) is 0 Å². The van der Waals surface area contributed by atoms with Gasteiger partial charge in [-0.1, -0.05) is 18.9 Å². The summed E-state index contributed by atoms with van der Waals surface area (Å²) in [5, 5.41) is 20.9. The Kier molecular flexibility index (Phi) is 3.98. The molecular weight excluding hydrogens is 288 g/mol. The highest BCUT2D eigenvalue weighted by atomic mass is 16.6. The standard InChI is InChI=1S/C15H18N2O5/c18-14-10(4-3-6-12(14)17(20)21)15(19)16-8-9-22-13-7-2-1-5-11(13)16/h3-4,6,11,13,18H,1-2,5,7-9H2/t11-,13+/m0/s1. The van der Waals surface area contributed by atoms with Crippen LogP contribution in [-0.2, 0) is 4.74 Å². The van der Waals surface area contributed by atoms with Gasteiger partial charge in [0.25, 0.3) is 5.91 Å². The minimum Gasteiger partial charge on any atom is -0.502 e. The van der Waals surface area contributed by atoms with Crippen molar-refractivity contribution in [1.29, 1.82) is 0 Å². The second kappa shape index (κ2) is 5.92. The first-order valence-electron chi connectivity index (χ1n) is 7.48. The van der Waals surface area contributed by atoms with E-state index in [0.717, 1.165) is 25.7 Å². The van der Waals surface area contributed by atoms with Crippen LogP contribution in [0.3, 0.4) is 0 Å². The summed E-state index contributed by atoms with van der Waals surface area (Å²) in [4.78, 5) is 24.7. The van der Waals surface area contributed by atoms with Crippen LogP contribution in [0.15, 0.2) is 18.2 Å². The van der Waals surface area contributed by atoms with Crippen molar-refractivity contribution in [2.24, 2.45) is 0 Å². The number of phenols is 1. The minimum atomic E-state index is -0.686. The summed E-state index contributed by atoms with van der Waals surface area (Å²) >= 11 is 0. The fourth-order valence-corrected chi connectivity index (χ4v) is 3.35. The fourth-order valence-electron chi connectivity index (χ4n) is 3.35. The van der Waals surface area contributed by atoms with Crippen molar-refractivity contribution in [2.45, 2.75) is 37.8 Å². The van der Waals surface area contributed by atoms with Crippen LogP contribution in [0, 0.1) is 10.1 Å². The number of phenolic OH excluding ortho intramolecular Hbond substituents is 1. The topological polar surface area (TPSA) is 92.9 Å². The average molecular weight is 306 g/mol. The predicted octanol–water partition coefficient (Wildman–Crippen LogP) is 2.08. The third-order valence-electron chi connectivity index (χ3n) is 4.43. The Bertz CT molecular complexity index is 602. The number of nitro groups is 1. The lowest BCUT2D eigenvalue weighted by Crippen LogP contribution is -2.54. The Labute approximate surface area is 127 Å². The molecule has 2 fully saturated rings. The van der Waals surface area contributed by atoms with Gasteiger partial charge in [0.15, 0.2) is 0 Å². The molecule has 1 aliphatic carbocycles. The zero-order chi connectivity index (χ0) is 15.7. The van der Waals surface area contributed by atoms with Crippen molar-refractivity contribution >= 4 is 11.6 Å². The number of amides is 1. The molecule has 0 radical (unpaired) electrons. The normalized spacial score (nSPS) is 24.6. The first kappa shape index (κ1) is 14.8. The highest BCUT2D eigenvalue weighted by Crippen LogP contribution is 2.33. The first-order chi connectivity index (χ1) is 10.6. The van der Waals surface area contributed by atoms with Crippen LogP contribution in [-0.4, -0.2) is 46.1 Å². The van der Waals surface area contributed by atoms with Gasteiger partial charge in [-0.3, -0.25) is 14.9 Å². The lowest BCUT2D eigenvalue weighted by Gasteiger charge is -2.43. The van der Waals surface area contributed by atoms with Gasteiger partial charge in [-0.25, -0.2) is 0 Å². The molecule has 1 aromatic carbocycles. The molecule has 0 bridgehead atoms. The molecule has 0 unspecified atom stereocenters. The Morgan fingerprint density at radius 2 is 2.14 bits per heavy atom. The lowest BCUT2D eigenvalue weighted by molar-refractivity contribution is -0.385. The van der Waals surface area contributed by atoms with Crippen LogP contribution < -0.4 is 0 Å². The number of para-hydroxylation sites is 1. The van der Waals surface area contributed by atoms with E-state index in [1.165, 1.54) is 18.2 Å². The molecular formula is C15H18N2O5. The zero-order valence-corrected chi connectivity index (χ0v) is 12.1. The predicted molar refractivity (Wildman–Crippen MR) is 77.8 cm³/mol. The number of carbonyl (C=O) groups is 1. The van der Waals surface area contributed by atoms with Gasteiger partial charge < -0.3 is 14.7 Å².